The molecule has 0 aromatic heterocycles. The minimum atomic E-state index is -1.03. The average molecular weight is 367 g/mol. The summed E-state index contributed by atoms with van der Waals surface area (Å²) in [4.78, 5) is 11.1. The predicted molar refractivity (Wildman–Crippen MR) is 85.1 cm³/mol. The first-order chi connectivity index (χ1) is 10.6. The van der Waals surface area contributed by atoms with E-state index >= 15 is 0 Å². The van der Waals surface area contributed by atoms with Crippen LogP contribution >= 0.6 is 15.9 Å². The van der Waals surface area contributed by atoms with Crippen LogP contribution in [0.5, 0.6) is 17.2 Å². The molecule has 1 N–H and O–H groups in total. The Morgan fingerprint density at radius 1 is 1.05 bits per heavy atom. The Balaban J connectivity index is 1.87. The first-order valence-corrected chi connectivity index (χ1v) is 7.32. The lowest BCUT2D eigenvalue weighted by molar-refractivity contribution is 0.0691. The van der Waals surface area contributed by atoms with Gasteiger partial charge in [0, 0.05) is 4.47 Å². The molecule has 0 fully saturated rings. The van der Waals surface area contributed by atoms with E-state index in [-0.39, 0.29) is 12.2 Å². The van der Waals surface area contributed by atoms with Crippen LogP contribution in [0.25, 0.3) is 0 Å². The van der Waals surface area contributed by atoms with Gasteiger partial charge in [0.2, 0.25) is 0 Å². The third-order valence-electron chi connectivity index (χ3n) is 2.84. The van der Waals surface area contributed by atoms with E-state index in [1.165, 1.54) is 6.07 Å². The number of halogens is 1. The van der Waals surface area contributed by atoms with E-state index in [0.717, 1.165) is 5.75 Å². The molecule has 0 spiro atoms. The predicted octanol–water partition coefficient (Wildman–Crippen LogP) is 3.61. The van der Waals surface area contributed by atoms with Crippen LogP contribution in [0.2, 0.25) is 0 Å². The van der Waals surface area contributed by atoms with E-state index in [9.17, 15) is 4.79 Å². The molecule has 0 unspecified atom stereocenters. The molecule has 0 amide bonds. The molecular formula is C16H15BrO5. The van der Waals surface area contributed by atoms with Gasteiger partial charge in [0.25, 0.3) is 0 Å². The lowest BCUT2D eigenvalue weighted by Gasteiger charge is -2.11. The summed E-state index contributed by atoms with van der Waals surface area (Å²) in [5.41, 5.74) is 0.110. The van der Waals surface area contributed by atoms with Crippen molar-refractivity contribution < 1.29 is 24.1 Å². The summed E-state index contributed by atoms with van der Waals surface area (Å²) in [5, 5.41) is 9.13. The standard InChI is InChI=1S/C16H15BrO5/c1-20-12-3-5-13(6-4-12)21-8-9-22-15-7-2-11(17)10-14(15)16(18)19/h2-7,10H,8-9H2,1H3,(H,18,19). The number of benzene rings is 2. The highest BCUT2D eigenvalue weighted by molar-refractivity contribution is 9.10. The smallest absolute Gasteiger partial charge is 0.339 e. The number of hydrogen-bond acceptors (Lipinski definition) is 4. The molecule has 0 saturated carbocycles. The number of carbonyl (C=O) groups is 1. The highest BCUT2D eigenvalue weighted by Crippen LogP contribution is 2.23. The van der Waals surface area contributed by atoms with Gasteiger partial charge in [0.15, 0.2) is 0 Å². The SMILES string of the molecule is COc1ccc(OCCOc2ccc(Br)cc2C(=O)O)cc1. The van der Waals surface area contributed by atoms with Crippen LogP contribution in [0.4, 0.5) is 0 Å². The minimum absolute atomic E-state index is 0.110. The highest BCUT2D eigenvalue weighted by Gasteiger charge is 2.11. The van der Waals surface area contributed by atoms with Crippen LogP contribution in [0, 0.1) is 0 Å². The number of aromatic carboxylic acids is 1. The lowest BCUT2D eigenvalue weighted by Crippen LogP contribution is -2.11. The molecule has 5 nitrogen and oxygen atoms in total. The quantitative estimate of drug-likeness (QED) is 0.758. The van der Waals surface area contributed by atoms with Gasteiger partial charge in [0.1, 0.15) is 36.0 Å². The summed E-state index contributed by atoms with van der Waals surface area (Å²) in [7, 11) is 1.60. The van der Waals surface area contributed by atoms with Gasteiger partial charge < -0.3 is 19.3 Å². The third kappa shape index (κ3) is 4.39. The summed E-state index contributed by atoms with van der Waals surface area (Å²) < 4.78 is 16.7. The number of carboxylic acids is 1. The number of ether oxygens (including phenoxy) is 3. The third-order valence-corrected chi connectivity index (χ3v) is 3.33. The van der Waals surface area contributed by atoms with Crippen LogP contribution in [-0.4, -0.2) is 31.4 Å². The van der Waals surface area contributed by atoms with Gasteiger partial charge in [-0.3, -0.25) is 0 Å². The maximum atomic E-state index is 11.1. The second kappa shape index (κ2) is 7.70. The van der Waals surface area contributed by atoms with Gasteiger partial charge in [-0.2, -0.15) is 0 Å². The maximum absolute atomic E-state index is 11.1. The normalized spacial score (nSPS) is 10.1. The second-order valence-electron chi connectivity index (χ2n) is 4.32. The average Bonchev–Trinajstić information content (AvgIpc) is 2.53. The summed E-state index contributed by atoms with van der Waals surface area (Å²) in [6.45, 7) is 0.551. The van der Waals surface area contributed by atoms with Crippen molar-refractivity contribution in [2.45, 2.75) is 0 Å². The van der Waals surface area contributed by atoms with Gasteiger partial charge in [-0.15, -0.1) is 0 Å². The minimum Gasteiger partial charge on any atom is -0.497 e. The number of hydrogen-bond donors (Lipinski definition) is 1. The van der Waals surface area contributed by atoms with E-state index in [1.807, 2.05) is 0 Å². The van der Waals surface area contributed by atoms with Crippen LogP contribution in [-0.2, 0) is 0 Å². The van der Waals surface area contributed by atoms with E-state index < -0.39 is 5.97 Å². The number of methoxy groups -OCH3 is 1. The molecule has 0 heterocycles. The maximum Gasteiger partial charge on any atom is 0.339 e. The first kappa shape index (κ1) is 16.2. The molecule has 0 atom stereocenters. The Hall–Kier alpha value is -2.21. The second-order valence-corrected chi connectivity index (χ2v) is 5.23. The molecule has 6 heteroatoms. The van der Waals surface area contributed by atoms with Crippen molar-refractivity contribution >= 4 is 21.9 Å². The topological polar surface area (TPSA) is 65.0 Å². The first-order valence-electron chi connectivity index (χ1n) is 6.52. The molecule has 2 aromatic rings. The van der Waals surface area contributed by atoms with Crippen molar-refractivity contribution in [3.63, 3.8) is 0 Å². The monoisotopic (exact) mass is 366 g/mol. The Bertz CT molecular complexity index is 639. The molecule has 0 aliphatic heterocycles. The van der Waals surface area contributed by atoms with E-state index in [1.54, 1.807) is 43.5 Å². The molecule has 0 aliphatic carbocycles. The van der Waals surface area contributed by atoms with Gasteiger partial charge >= 0.3 is 5.97 Å². The molecule has 0 radical (unpaired) electrons. The van der Waals surface area contributed by atoms with Crippen molar-refractivity contribution in [3.05, 3.63) is 52.5 Å². The van der Waals surface area contributed by atoms with Gasteiger partial charge in [-0.1, -0.05) is 15.9 Å². The zero-order valence-electron chi connectivity index (χ0n) is 11.9. The summed E-state index contributed by atoms with van der Waals surface area (Å²) in [6, 6.07) is 12.0. The largest absolute Gasteiger partial charge is 0.497 e. The van der Waals surface area contributed by atoms with Crippen molar-refractivity contribution in [3.8, 4) is 17.2 Å². The molecule has 116 valence electrons. The van der Waals surface area contributed by atoms with Gasteiger partial charge in [-0.25, -0.2) is 4.79 Å². The summed E-state index contributed by atoms with van der Waals surface area (Å²) in [5.74, 6) is 0.727. The molecule has 0 bridgehead atoms. The summed E-state index contributed by atoms with van der Waals surface area (Å²) in [6.07, 6.45) is 0. The van der Waals surface area contributed by atoms with Crippen molar-refractivity contribution in [2.24, 2.45) is 0 Å². The van der Waals surface area contributed by atoms with Crippen LogP contribution < -0.4 is 14.2 Å². The Morgan fingerprint density at radius 3 is 2.32 bits per heavy atom. The Kier molecular flexibility index (Phi) is 5.66. The van der Waals surface area contributed by atoms with E-state index in [2.05, 4.69) is 15.9 Å². The molecule has 2 aromatic carbocycles. The molecule has 0 saturated heterocycles. The Labute approximate surface area is 136 Å². The molecular weight excluding hydrogens is 352 g/mol. The zero-order valence-corrected chi connectivity index (χ0v) is 13.5. The van der Waals surface area contributed by atoms with Crippen LogP contribution in [0.1, 0.15) is 10.4 Å². The van der Waals surface area contributed by atoms with Crippen molar-refractivity contribution in [1.29, 1.82) is 0 Å². The van der Waals surface area contributed by atoms with Crippen molar-refractivity contribution in [1.82, 2.24) is 0 Å². The van der Waals surface area contributed by atoms with E-state index in [4.69, 9.17) is 19.3 Å². The van der Waals surface area contributed by atoms with E-state index in [0.29, 0.717) is 22.6 Å². The molecule has 22 heavy (non-hydrogen) atoms. The zero-order chi connectivity index (χ0) is 15.9. The van der Waals surface area contributed by atoms with Crippen LogP contribution in [0.3, 0.4) is 0 Å². The highest BCUT2D eigenvalue weighted by atomic mass is 79.9. The fraction of sp³-hybridized carbons (Fsp3) is 0.188. The lowest BCUT2D eigenvalue weighted by atomic mass is 10.2. The molecule has 0 aliphatic rings. The van der Waals surface area contributed by atoms with Gasteiger partial charge in [-0.05, 0) is 42.5 Å². The number of rotatable bonds is 7. The van der Waals surface area contributed by atoms with Crippen LogP contribution in [0.15, 0.2) is 46.9 Å². The fourth-order valence-corrected chi connectivity index (χ4v) is 2.14. The Morgan fingerprint density at radius 2 is 1.68 bits per heavy atom. The number of carboxylic acid groups (broad SMARTS) is 1. The van der Waals surface area contributed by atoms with Crippen molar-refractivity contribution in [2.75, 3.05) is 20.3 Å². The van der Waals surface area contributed by atoms with Gasteiger partial charge in [0.05, 0.1) is 7.11 Å². The molecule has 2 rings (SSSR count). The summed E-state index contributed by atoms with van der Waals surface area (Å²) >= 11 is 3.23. The fourth-order valence-electron chi connectivity index (χ4n) is 1.78.